The summed E-state index contributed by atoms with van der Waals surface area (Å²) >= 11 is 7.30. The Morgan fingerprint density at radius 2 is 1.88 bits per heavy atom. The highest BCUT2D eigenvalue weighted by Gasteiger charge is 2.12. The number of hydrogen-bond acceptors (Lipinski definition) is 5. The number of anilines is 1. The van der Waals surface area contributed by atoms with Gasteiger partial charge in [-0.05, 0) is 30.0 Å². The zero-order valence-electron chi connectivity index (χ0n) is 14.2. The number of methoxy groups -OCH3 is 1. The van der Waals surface area contributed by atoms with Crippen molar-refractivity contribution in [1.82, 2.24) is 10.6 Å². The summed E-state index contributed by atoms with van der Waals surface area (Å²) in [5.74, 6) is -0.809. The molecule has 138 valence electrons. The minimum Gasteiger partial charge on any atom is -0.495 e. The van der Waals surface area contributed by atoms with Gasteiger partial charge in [0.1, 0.15) is 5.75 Å². The largest absolute Gasteiger partial charge is 0.495 e. The number of ether oxygens (including phenoxy) is 1. The van der Waals surface area contributed by atoms with Gasteiger partial charge < -0.3 is 20.7 Å². The lowest BCUT2D eigenvalue weighted by atomic mass is 10.2. The molecule has 1 heterocycles. The van der Waals surface area contributed by atoms with Crippen molar-refractivity contribution in [2.75, 3.05) is 25.5 Å². The number of aryl methyl sites for hydroxylation is 1. The molecule has 0 fully saturated rings. The maximum Gasteiger partial charge on any atom is 0.261 e. The first-order valence-corrected chi connectivity index (χ1v) is 8.89. The molecule has 9 heteroatoms. The third-order valence-electron chi connectivity index (χ3n) is 3.36. The van der Waals surface area contributed by atoms with Gasteiger partial charge in [-0.3, -0.25) is 14.4 Å². The summed E-state index contributed by atoms with van der Waals surface area (Å²) in [4.78, 5) is 36.0. The molecule has 0 spiro atoms. The molecule has 2 aromatic rings. The quantitative estimate of drug-likeness (QED) is 0.669. The number of hydrogen-bond donors (Lipinski definition) is 3. The Labute approximate surface area is 159 Å². The standard InChI is InChI=1S/C17H18ClN3O4S/c1-10-6-12(13(25-2)7-11(10)18)21-16(23)9-19-15(22)8-20-17(24)14-4-3-5-26-14/h3-7H,8-9H2,1-2H3,(H,19,22)(H,20,24)(H,21,23). The normalized spacial score (nSPS) is 10.1. The molecule has 26 heavy (non-hydrogen) atoms. The smallest absolute Gasteiger partial charge is 0.261 e. The zero-order chi connectivity index (χ0) is 19.1. The number of carbonyl (C=O) groups is 3. The van der Waals surface area contributed by atoms with Crippen LogP contribution in [0.5, 0.6) is 5.75 Å². The maximum atomic E-state index is 12.0. The lowest BCUT2D eigenvalue weighted by molar-refractivity contribution is -0.123. The topological polar surface area (TPSA) is 96.5 Å². The highest BCUT2D eigenvalue weighted by molar-refractivity contribution is 7.12. The van der Waals surface area contributed by atoms with Crippen molar-refractivity contribution in [2.24, 2.45) is 0 Å². The van der Waals surface area contributed by atoms with Gasteiger partial charge in [-0.15, -0.1) is 11.3 Å². The molecule has 0 aliphatic carbocycles. The monoisotopic (exact) mass is 395 g/mol. The highest BCUT2D eigenvalue weighted by atomic mass is 35.5. The van der Waals surface area contributed by atoms with Crippen LogP contribution in [0.4, 0.5) is 5.69 Å². The Kier molecular flexibility index (Phi) is 6.99. The SMILES string of the molecule is COc1cc(Cl)c(C)cc1NC(=O)CNC(=O)CNC(=O)c1cccs1. The molecule has 0 radical (unpaired) electrons. The number of benzene rings is 1. The van der Waals surface area contributed by atoms with Gasteiger partial charge in [0.2, 0.25) is 11.8 Å². The van der Waals surface area contributed by atoms with Crippen LogP contribution in [-0.4, -0.2) is 37.9 Å². The molecule has 0 bridgehead atoms. The molecule has 7 nitrogen and oxygen atoms in total. The van der Waals surface area contributed by atoms with Crippen molar-refractivity contribution in [2.45, 2.75) is 6.92 Å². The molecule has 2 rings (SSSR count). The summed E-state index contributed by atoms with van der Waals surface area (Å²) in [6.45, 7) is 1.35. The van der Waals surface area contributed by atoms with E-state index in [2.05, 4.69) is 16.0 Å². The predicted molar refractivity (Wildman–Crippen MR) is 101 cm³/mol. The minimum absolute atomic E-state index is 0.215. The molecule has 0 aliphatic rings. The fraction of sp³-hybridized carbons (Fsp3) is 0.235. The second kappa shape index (κ2) is 9.21. The molecule has 0 aliphatic heterocycles. The van der Waals surface area contributed by atoms with Crippen molar-refractivity contribution >= 4 is 46.3 Å². The van der Waals surface area contributed by atoms with E-state index < -0.39 is 11.8 Å². The van der Waals surface area contributed by atoms with Gasteiger partial charge in [0.25, 0.3) is 5.91 Å². The third kappa shape index (κ3) is 5.47. The molecular formula is C17H18ClN3O4S. The first kappa shape index (κ1) is 19.7. The number of halogens is 1. The van der Waals surface area contributed by atoms with Crippen molar-refractivity contribution in [3.8, 4) is 5.75 Å². The van der Waals surface area contributed by atoms with E-state index in [4.69, 9.17) is 16.3 Å². The fourth-order valence-electron chi connectivity index (χ4n) is 2.02. The first-order chi connectivity index (χ1) is 12.4. The lowest BCUT2D eigenvalue weighted by Gasteiger charge is -2.12. The first-order valence-electron chi connectivity index (χ1n) is 7.63. The van der Waals surface area contributed by atoms with Gasteiger partial charge in [0, 0.05) is 11.1 Å². The van der Waals surface area contributed by atoms with Crippen molar-refractivity contribution in [3.05, 3.63) is 45.1 Å². The molecule has 3 amide bonds. The average Bonchev–Trinajstić information content (AvgIpc) is 3.15. The number of amides is 3. The number of nitrogens with one attached hydrogen (secondary N) is 3. The second-order valence-electron chi connectivity index (χ2n) is 5.29. The van der Waals surface area contributed by atoms with Crippen molar-refractivity contribution in [1.29, 1.82) is 0 Å². The molecular weight excluding hydrogens is 378 g/mol. The summed E-state index contributed by atoms with van der Waals surface area (Å²) in [5.41, 5.74) is 1.24. The van der Waals surface area contributed by atoms with Crippen LogP contribution in [0.3, 0.4) is 0 Å². The third-order valence-corrected chi connectivity index (χ3v) is 4.63. The van der Waals surface area contributed by atoms with E-state index in [1.807, 2.05) is 0 Å². The maximum absolute atomic E-state index is 12.0. The van der Waals surface area contributed by atoms with Gasteiger partial charge in [-0.25, -0.2) is 0 Å². The van der Waals surface area contributed by atoms with Gasteiger partial charge in [-0.1, -0.05) is 17.7 Å². The lowest BCUT2D eigenvalue weighted by Crippen LogP contribution is -2.40. The van der Waals surface area contributed by atoms with Crippen LogP contribution in [0, 0.1) is 6.92 Å². The zero-order valence-corrected chi connectivity index (χ0v) is 15.8. The fourth-order valence-corrected chi connectivity index (χ4v) is 2.81. The summed E-state index contributed by atoms with van der Waals surface area (Å²) < 4.78 is 5.17. The summed E-state index contributed by atoms with van der Waals surface area (Å²) in [7, 11) is 1.47. The number of thiophene rings is 1. The number of rotatable bonds is 7. The van der Waals surface area contributed by atoms with E-state index in [0.29, 0.717) is 21.3 Å². The van der Waals surface area contributed by atoms with E-state index in [-0.39, 0.29) is 19.0 Å². The van der Waals surface area contributed by atoms with Crippen molar-refractivity contribution in [3.63, 3.8) is 0 Å². The van der Waals surface area contributed by atoms with Crippen LogP contribution < -0.4 is 20.7 Å². The van der Waals surface area contributed by atoms with E-state index in [0.717, 1.165) is 5.56 Å². The summed E-state index contributed by atoms with van der Waals surface area (Å²) in [6, 6.07) is 6.69. The molecule has 0 saturated carbocycles. The van der Waals surface area contributed by atoms with E-state index in [1.165, 1.54) is 18.4 Å². The Hall–Kier alpha value is -2.58. The van der Waals surface area contributed by atoms with Crippen LogP contribution in [0.1, 0.15) is 15.2 Å². The second-order valence-corrected chi connectivity index (χ2v) is 6.64. The molecule has 0 unspecified atom stereocenters. The van der Waals surface area contributed by atoms with Crippen LogP contribution in [0.2, 0.25) is 5.02 Å². The van der Waals surface area contributed by atoms with Crippen LogP contribution in [0.15, 0.2) is 29.6 Å². The van der Waals surface area contributed by atoms with Crippen LogP contribution >= 0.6 is 22.9 Å². The summed E-state index contributed by atoms with van der Waals surface area (Å²) in [6.07, 6.45) is 0. The molecule has 0 atom stereocenters. The van der Waals surface area contributed by atoms with E-state index in [1.54, 1.807) is 36.6 Å². The van der Waals surface area contributed by atoms with Gasteiger partial charge >= 0.3 is 0 Å². The van der Waals surface area contributed by atoms with Crippen LogP contribution in [-0.2, 0) is 9.59 Å². The Morgan fingerprint density at radius 1 is 1.15 bits per heavy atom. The number of carbonyl (C=O) groups excluding carboxylic acids is 3. The van der Waals surface area contributed by atoms with Gasteiger partial charge in [-0.2, -0.15) is 0 Å². The highest BCUT2D eigenvalue weighted by Crippen LogP contribution is 2.30. The summed E-state index contributed by atoms with van der Waals surface area (Å²) in [5, 5.41) is 9.86. The Balaban J connectivity index is 1.80. The predicted octanol–water partition coefficient (Wildman–Crippen LogP) is 2.20. The average molecular weight is 396 g/mol. The molecule has 3 N–H and O–H groups in total. The van der Waals surface area contributed by atoms with Crippen molar-refractivity contribution < 1.29 is 19.1 Å². The van der Waals surface area contributed by atoms with Gasteiger partial charge in [0.15, 0.2) is 0 Å². The Bertz CT molecular complexity index is 809. The minimum atomic E-state index is -0.468. The van der Waals surface area contributed by atoms with Crippen LogP contribution in [0.25, 0.3) is 0 Å². The molecule has 1 aromatic heterocycles. The van der Waals surface area contributed by atoms with E-state index >= 15 is 0 Å². The van der Waals surface area contributed by atoms with Gasteiger partial charge in [0.05, 0.1) is 30.8 Å². The Morgan fingerprint density at radius 3 is 2.54 bits per heavy atom. The molecule has 0 saturated heterocycles. The molecule has 1 aromatic carbocycles. The van der Waals surface area contributed by atoms with E-state index in [9.17, 15) is 14.4 Å².